The summed E-state index contributed by atoms with van der Waals surface area (Å²) in [7, 11) is 0. The Balaban J connectivity index is 3.04. The van der Waals surface area contributed by atoms with Gasteiger partial charge in [-0.1, -0.05) is 12.8 Å². The lowest BCUT2D eigenvalue weighted by Crippen LogP contribution is -1.65. The molecule has 38 valence electrons. The molecule has 0 aliphatic rings. The van der Waals surface area contributed by atoms with Gasteiger partial charge in [-0.05, 0) is 22.6 Å². The molecule has 1 aromatic heterocycles. The number of thiol groups is 1. The molecule has 4 heteroatoms. The van der Waals surface area contributed by atoms with Crippen LogP contribution in [-0.2, 0) is 0 Å². The van der Waals surface area contributed by atoms with E-state index < -0.39 is 0 Å². The molecule has 0 bridgehead atoms. The van der Waals surface area contributed by atoms with E-state index in [0.717, 1.165) is 3.70 Å². The van der Waals surface area contributed by atoms with Crippen molar-refractivity contribution in [2.24, 2.45) is 0 Å². The van der Waals surface area contributed by atoms with E-state index in [-0.39, 0.29) is 0 Å². The third kappa shape index (κ3) is 1.34. The molecule has 0 aromatic carbocycles. The molecule has 1 aromatic rings. The number of halogens is 1. The van der Waals surface area contributed by atoms with Crippen molar-refractivity contribution in [2.75, 3.05) is 0 Å². The Hall–Kier alpha value is 0.290. The quantitative estimate of drug-likeness (QED) is 0.519. The third-order valence-electron chi connectivity index (χ3n) is 0.538. The fraction of sp³-hybridized carbons (Fsp3) is 0. The van der Waals surface area contributed by atoms with E-state index in [2.05, 4.69) is 40.4 Å². The van der Waals surface area contributed by atoms with Crippen LogP contribution in [0.25, 0.3) is 0 Å². The molecule has 0 atom stereocenters. The summed E-state index contributed by atoms with van der Waals surface area (Å²) in [5, 5.41) is 0. The van der Waals surface area contributed by atoms with E-state index in [1.807, 2.05) is 6.20 Å². The summed E-state index contributed by atoms with van der Waals surface area (Å²) in [5.74, 6) is 0. The van der Waals surface area contributed by atoms with Gasteiger partial charge in [-0.3, -0.25) is 3.97 Å². The molecule has 1 rings (SSSR count). The maximum absolute atomic E-state index is 3.95. The summed E-state index contributed by atoms with van der Waals surface area (Å²) in [4.78, 5) is 3.89. The van der Waals surface area contributed by atoms with Crippen LogP contribution in [-0.4, -0.2) is 8.96 Å². The van der Waals surface area contributed by atoms with Gasteiger partial charge in [-0.25, -0.2) is 4.98 Å². The zero-order valence-electron chi connectivity index (χ0n) is 3.37. The molecule has 0 radical (unpaired) electrons. The molecule has 0 spiro atoms. The van der Waals surface area contributed by atoms with Crippen LogP contribution in [0.1, 0.15) is 0 Å². The van der Waals surface area contributed by atoms with Gasteiger partial charge in [0.15, 0.2) is 0 Å². The first-order valence-corrected chi connectivity index (χ1v) is 3.15. The Morgan fingerprint density at radius 1 is 1.86 bits per heavy atom. The summed E-state index contributed by atoms with van der Waals surface area (Å²) in [6.45, 7) is 0. The van der Waals surface area contributed by atoms with Crippen molar-refractivity contribution in [3.63, 3.8) is 0 Å². The molecule has 0 aliphatic carbocycles. The Bertz CT molecular complexity index is 145. The standard InChI is InChI=1S/C3H3IN2S/c4-3-1-6(7)2-5-3/h1-2,7H. The van der Waals surface area contributed by atoms with Crippen LogP contribution in [0.5, 0.6) is 0 Å². The van der Waals surface area contributed by atoms with Gasteiger partial charge in [0.2, 0.25) is 0 Å². The van der Waals surface area contributed by atoms with Gasteiger partial charge in [0.05, 0.1) is 0 Å². The van der Waals surface area contributed by atoms with Crippen molar-refractivity contribution in [1.82, 2.24) is 8.96 Å². The summed E-state index contributed by atoms with van der Waals surface area (Å²) < 4.78 is 2.58. The molecule has 0 aliphatic heterocycles. The van der Waals surface area contributed by atoms with Crippen LogP contribution < -0.4 is 0 Å². The molecule has 0 unspecified atom stereocenters. The maximum atomic E-state index is 3.95. The van der Waals surface area contributed by atoms with Gasteiger partial charge in [0.25, 0.3) is 0 Å². The lowest BCUT2D eigenvalue weighted by atomic mass is 11.0. The Morgan fingerprint density at radius 3 is 2.71 bits per heavy atom. The zero-order valence-corrected chi connectivity index (χ0v) is 6.43. The normalized spacial score (nSPS) is 9.43. The molecular weight excluding hydrogens is 223 g/mol. The SMILES string of the molecule is Sn1cnc(I)c1. The average molecular weight is 226 g/mol. The summed E-state index contributed by atoms with van der Waals surface area (Å²) in [5.41, 5.74) is 0. The van der Waals surface area contributed by atoms with E-state index in [0.29, 0.717) is 0 Å². The first-order valence-electron chi connectivity index (χ1n) is 1.68. The second kappa shape index (κ2) is 2.04. The Morgan fingerprint density at radius 2 is 2.57 bits per heavy atom. The van der Waals surface area contributed by atoms with E-state index in [9.17, 15) is 0 Å². The van der Waals surface area contributed by atoms with E-state index in [1.54, 1.807) is 10.3 Å². The highest BCUT2D eigenvalue weighted by Gasteiger charge is 1.84. The summed E-state index contributed by atoms with van der Waals surface area (Å²) >= 11 is 6.07. The predicted octanol–water partition coefficient (Wildman–Crippen LogP) is 1.18. The van der Waals surface area contributed by atoms with Crippen molar-refractivity contribution >= 4 is 35.4 Å². The lowest BCUT2D eigenvalue weighted by Gasteiger charge is -1.75. The van der Waals surface area contributed by atoms with Crippen LogP contribution in [0.2, 0.25) is 0 Å². The van der Waals surface area contributed by atoms with Crippen molar-refractivity contribution < 1.29 is 0 Å². The van der Waals surface area contributed by atoms with E-state index in [4.69, 9.17) is 0 Å². The zero-order chi connectivity index (χ0) is 5.28. The predicted molar refractivity (Wildman–Crippen MR) is 39.3 cm³/mol. The van der Waals surface area contributed by atoms with Crippen molar-refractivity contribution in [1.29, 1.82) is 0 Å². The van der Waals surface area contributed by atoms with Crippen LogP contribution in [0.3, 0.4) is 0 Å². The molecule has 7 heavy (non-hydrogen) atoms. The van der Waals surface area contributed by atoms with Crippen molar-refractivity contribution in [3.8, 4) is 0 Å². The topological polar surface area (TPSA) is 17.8 Å². The molecule has 0 saturated heterocycles. The van der Waals surface area contributed by atoms with Crippen LogP contribution in [0, 0.1) is 3.70 Å². The Kier molecular flexibility index (Phi) is 1.58. The lowest BCUT2D eigenvalue weighted by molar-refractivity contribution is 1.24. The molecule has 0 amide bonds. The molecule has 2 nitrogen and oxygen atoms in total. The maximum Gasteiger partial charge on any atom is 0.120 e. The van der Waals surface area contributed by atoms with Gasteiger partial charge < -0.3 is 0 Å². The van der Waals surface area contributed by atoms with Gasteiger partial charge in [0.1, 0.15) is 10.0 Å². The molecule has 0 fully saturated rings. The number of imidazole rings is 1. The second-order valence-corrected chi connectivity index (χ2v) is 2.64. The van der Waals surface area contributed by atoms with Crippen LogP contribution in [0.15, 0.2) is 12.5 Å². The van der Waals surface area contributed by atoms with Gasteiger partial charge in [0, 0.05) is 6.20 Å². The van der Waals surface area contributed by atoms with Gasteiger partial charge in [-0.15, -0.1) is 0 Å². The highest BCUT2D eigenvalue weighted by atomic mass is 127. The van der Waals surface area contributed by atoms with Crippen LogP contribution in [0.4, 0.5) is 0 Å². The first kappa shape index (κ1) is 5.43. The minimum atomic E-state index is 0.965. The summed E-state index contributed by atoms with van der Waals surface area (Å²) in [6, 6.07) is 0. The van der Waals surface area contributed by atoms with E-state index in [1.165, 1.54) is 0 Å². The number of hydrogen-bond acceptors (Lipinski definition) is 2. The molecule has 0 N–H and O–H groups in total. The van der Waals surface area contributed by atoms with Crippen molar-refractivity contribution in [2.45, 2.75) is 0 Å². The van der Waals surface area contributed by atoms with Crippen LogP contribution >= 0.6 is 35.4 Å². The molecular formula is C3H3IN2S. The molecule has 1 heterocycles. The smallest absolute Gasteiger partial charge is 0.120 e. The highest BCUT2D eigenvalue weighted by Crippen LogP contribution is 1.98. The monoisotopic (exact) mass is 226 g/mol. The fourth-order valence-corrected chi connectivity index (χ4v) is 1.10. The average Bonchev–Trinajstić information content (AvgIpc) is 1.87. The number of rotatable bonds is 0. The third-order valence-corrected chi connectivity index (χ3v) is 1.31. The first-order chi connectivity index (χ1) is 3.29. The minimum Gasteiger partial charge on any atom is -0.282 e. The second-order valence-electron chi connectivity index (χ2n) is 1.08. The number of hydrogen-bond donors (Lipinski definition) is 1. The number of aromatic nitrogens is 2. The Labute approximate surface area is 60.6 Å². The highest BCUT2D eigenvalue weighted by molar-refractivity contribution is 14.1. The fourth-order valence-electron chi connectivity index (χ4n) is 0.290. The van der Waals surface area contributed by atoms with Gasteiger partial charge >= 0.3 is 0 Å². The minimum absolute atomic E-state index is 0.965. The number of nitrogens with zero attached hydrogens (tertiary/aromatic N) is 2. The van der Waals surface area contributed by atoms with Gasteiger partial charge in [-0.2, -0.15) is 0 Å². The summed E-state index contributed by atoms with van der Waals surface area (Å²) in [6.07, 6.45) is 3.47. The largest absolute Gasteiger partial charge is 0.282 e. The van der Waals surface area contributed by atoms with Crippen molar-refractivity contribution in [3.05, 3.63) is 16.2 Å². The van der Waals surface area contributed by atoms with E-state index >= 15 is 0 Å². The molecule has 0 saturated carbocycles.